The van der Waals surface area contributed by atoms with Gasteiger partial charge in [-0.3, -0.25) is 14.6 Å². The average molecular weight is 688 g/mol. The second-order valence-corrected chi connectivity index (χ2v) is 12.5. The topological polar surface area (TPSA) is 233 Å². The number of rotatable bonds is 4. The molecule has 0 fully saturated rings. The van der Waals surface area contributed by atoms with Gasteiger partial charge in [-0.2, -0.15) is 4.98 Å². The van der Waals surface area contributed by atoms with Crippen molar-refractivity contribution >= 4 is 45.8 Å². The number of amides is 1. The first-order valence-electron chi connectivity index (χ1n) is 16.0. The number of carbonyl (C=O) groups excluding carboxylic acids is 1. The van der Waals surface area contributed by atoms with Crippen LogP contribution in [0.3, 0.4) is 0 Å². The van der Waals surface area contributed by atoms with Crippen LogP contribution in [0.2, 0.25) is 0 Å². The van der Waals surface area contributed by atoms with Gasteiger partial charge in [-0.15, -0.1) is 0 Å². The van der Waals surface area contributed by atoms with Gasteiger partial charge >= 0.3 is 0 Å². The van der Waals surface area contributed by atoms with E-state index in [4.69, 9.17) is 17.2 Å². The second kappa shape index (κ2) is 16.4. The second-order valence-electron chi connectivity index (χ2n) is 12.5. The van der Waals surface area contributed by atoms with Gasteiger partial charge in [-0.1, -0.05) is 13.2 Å². The predicted molar refractivity (Wildman–Crippen MR) is 198 cm³/mol. The fourth-order valence-electron chi connectivity index (χ4n) is 4.63. The summed E-state index contributed by atoms with van der Waals surface area (Å²) in [5, 5.41) is 2.68. The lowest BCUT2D eigenvalue weighted by Crippen LogP contribution is -2.40. The van der Waals surface area contributed by atoms with Gasteiger partial charge in [0.1, 0.15) is 29.3 Å². The summed E-state index contributed by atoms with van der Waals surface area (Å²) in [6.07, 6.45) is 10.3. The molecule has 268 valence electrons. The summed E-state index contributed by atoms with van der Waals surface area (Å²) in [7, 11) is 0. The molecule has 8 N–H and O–H groups in total. The quantitative estimate of drug-likeness (QED) is 0.207. The summed E-state index contributed by atoms with van der Waals surface area (Å²) in [5.74, 6) is 2.37. The van der Waals surface area contributed by atoms with E-state index in [2.05, 4.69) is 81.1 Å². The van der Waals surface area contributed by atoms with E-state index in [1.54, 1.807) is 30.2 Å². The number of hydrogen-bond donors (Lipinski definition) is 5. The third-order valence-corrected chi connectivity index (χ3v) is 7.29. The maximum Gasteiger partial charge on any atom is 0.280 e. The van der Waals surface area contributed by atoms with Crippen LogP contribution in [0, 0.1) is 0 Å². The van der Waals surface area contributed by atoms with Crippen LogP contribution in [-0.2, 0) is 4.79 Å². The molecule has 0 saturated carbocycles. The summed E-state index contributed by atoms with van der Waals surface area (Å²) in [5.41, 5.74) is 19.3. The van der Waals surface area contributed by atoms with Gasteiger partial charge in [-0.25, -0.2) is 24.9 Å². The number of imidazole rings is 2. The van der Waals surface area contributed by atoms with Crippen molar-refractivity contribution in [1.82, 2.24) is 54.2 Å². The van der Waals surface area contributed by atoms with Crippen molar-refractivity contribution in [2.75, 3.05) is 11.5 Å². The van der Waals surface area contributed by atoms with E-state index in [0.717, 1.165) is 11.2 Å². The number of fused-ring (bicyclic) bond motifs is 2. The molecule has 0 spiro atoms. The molecule has 0 aliphatic carbocycles. The maximum absolute atomic E-state index is 11.4. The number of nitrogen functional groups attached to an aromatic ring is 2. The third kappa shape index (κ3) is 9.33. The standard InChI is InChI=1S/C9H14N2O.C8H11N5O.C8H11N5.C8H13N3/c1-6(2)11-5-7(3)9(12)10-8(11)4;1-4(2)13-3-10-5-6(13)11-8(9)12-7(5)14;1-5(2)13-4-12-6-7(9)10-3-11-8(6)13;1-6(2)11-5-4-8(9)10-7(11)3/h5-6H,4H2,1-3H3,(H,10,12);3-4H,1-2H3,(H3,9,11,12,14);3-5H,1-2H3,(H2,9,10,11);4-6H,3H2,1-2H3,(H2,9,10). The van der Waals surface area contributed by atoms with Crippen LogP contribution in [0.5, 0.6) is 0 Å². The van der Waals surface area contributed by atoms with E-state index in [1.165, 1.54) is 6.33 Å². The first-order valence-corrected chi connectivity index (χ1v) is 16.0. The number of nitrogens with zero attached hydrogens (tertiary/aromatic N) is 10. The van der Waals surface area contributed by atoms with Gasteiger partial charge in [-0.05, 0) is 68.4 Å². The fourth-order valence-corrected chi connectivity index (χ4v) is 4.63. The third-order valence-electron chi connectivity index (χ3n) is 7.29. The summed E-state index contributed by atoms with van der Waals surface area (Å²) in [6, 6.07) is 1.25. The summed E-state index contributed by atoms with van der Waals surface area (Å²) >= 11 is 0. The van der Waals surface area contributed by atoms with E-state index < -0.39 is 0 Å². The molecule has 0 atom stereocenters. The Morgan fingerprint density at radius 2 is 1.34 bits per heavy atom. The number of aliphatic imine (C=N–C) groups is 1. The number of hydrogen-bond acceptors (Lipinski definition) is 13. The van der Waals surface area contributed by atoms with Crippen molar-refractivity contribution in [3.05, 3.63) is 78.2 Å². The number of aromatic nitrogens is 8. The van der Waals surface area contributed by atoms with Gasteiger partial charge in [0.25, 0.3) is 11.5 Å². The first-order chi connectivity index (χ1) is 23.4. The smallest absolute Gasteiger partial charge is 0.280 e. The highest BCUT2D eigenvalue weighted by Crippen LogP contribution is 2.18. The zero-order valence-electron chi connectivity index (χ0n) is 30.2. The molecule has 17 heteroatoms. The Balaban J connectivity index is 0.000000181. The van der Waals surface area contributed by atoms with Gasteiger partial charge in [0.05, 0.1) is 12.7 Å². The minimum atomic E-state index is -0.299. The Morgan fingerprint density at radius 1 is 0.760 bits per heavy atom. The Hall–Kier alpha value is -6.00. The lowest BCUT2D eigenvalue weighted by atomic mass is 10.2. The molecule has 0 unspecified atom stereocenters. The van der Waals surface area contributed by atoms with Crippen molar-refractivity contribution in [2.24, 2.45) is 10.7 Å². The highest BCUT2D eigenvalue weighted by atomic mass is 16.2. The molecule has 4 aromatic heterocycles. The number of anilines is 2. The Labute approximate surface area is 291 Å². The SMILES string of the molecule is C=C1N=C(N)C=CN1C(C)C.C=C1NC(=O)C(C)=CN1C(C)C.CC(C)n1cnc2c(=O)[nH]c(N)nc21.CC(C)n1cnc2c(N)ncnc21. The summed E-state index contributed by atoms with van der Waals surface area (Å²) < 4.78 is 3.77. The zero-order valence-corrected chi connectivity index (χ0v) is 30.2. The molecular weight excluding hydrogens is 638 g/mol. The molecule has 0 aromatic carbocycles. The highest BCUT2D eigenvalue weighted by molar-refractivity contribution is 5.94. The van der Waals surface area contributed by atoms with Crippen molar-refractivity contribution in [3.8, 4) is 0 Å². The number of aromatic amines is 1. The molecule has 50 heavy (non-hydrogen) atoms. The molecule has 4 aromatic rings. The molecule has 6 rings (SSSR count). The van der Waals surface area contributed by atoms with Gasteiger partial charge in [0.15, 0.2) is 22.6 Å². The van der Waals surface area contributed by atoms with Gasteiger partial charge in [0.2, 0.25) is 5.95 Å². The molecule has 1 amide bonds. The Bertz CT molecular complexity index is 1990. The molecule has 6 heterocycles. The molecule has 0 radical (unpaired) electrons. The van der Waals surface area contributed by atoms with Crippen molar-refractivity contribution < 1.29 is 4.79 Å². The lowest BCUT2D eigenvalue weighted by Gasteiger charge is -2.31. The van der Waals surface area contributed by atoms with E-state index in [-0.39, 0.29) is 23.5 Å². The summed E-state index contributed by atoms with van der Waals surface area (Å²) in [4.78, 5) is 53.0. The molecule has 0 saturated heterocycles. The number of nitrogens with two attached hydrogens (primary N) is 3. The molecule has 2 aliphatic rings. The van der Waals surface area contributed by atoms with Crippen LogP contribution < -0.4 is 28.1 Å². The average Bonchev–Trinajstić information content (AvgIpc) is 3.66. The predicted octanol–water partition coefficient (Wildman–Crippen LogP) is 3.53. The van der Waals surface area contributed by atoms with Crippen LogP contribution in [0.25, 0.3) is 22.3 Å². The minimum absolute atomic E-state index is 0.0584. The van der Waals surface area contributed by atoms with Crippen LogP contribution in [-0.4, -0.2) is 72.7 Å². The number of carbonyl (C=O) groups is 1. The monoisotopic (exact) mass is 687 g/mol. The Morgan fingerprint density at radius 3 is 1.90 bits per heavy atom. The van der Waals surface area contributed by atoms with Crippen LogP contribution >= 0.6 is 0 Å². The maximum atomic E-state index is 11.4. The van der Waals surface area contributed by atoms with Crippen LogP contribution in [0.4, 0.5) is 11.8 Å². The van der Waals surface area contributed by atoms with Crippen molar-refractivity contribution in [2.45, 2.75) is 86.5 Å². The largest absolute Gasteiger partial charge is 0.384 e. The van der Waals surface area contributed by atoms with Crippen LogP contribution in [0.15, 0.2) is 77.6 Å². The number of amidine groups is 1. The van der Waals surface area contributed by atoms with Crippen LogP contribution in [0.1, 0.15) is 74.4 Å². The molecule has 17 nitrogen and oxygen atoms in total. The number of nitrogens with one attached hydrogen (secondary N) is 2. The highest BCUT2D eigenvalue weighted by Gasteiger charge is 2.19. The van der Waals surface area contributed by atoms with E-state index >= 15 is 0 Å². The van der Waals surface area contributed by atoms with E-state index in [9.17, 15) is 9.59 Å². The minimum Gasteiger partial charge on any atom is -0.384 e. The van der Waals surface area contributed by atoms with Crippen molar-refractivity contribution in [3.63, 3.8) is 0 Å². The van der Waals surface area contributed by atoms with Gasteiger partial charge < -0.3 is 41.5 Å². The van der Waals surface area contributed by atoms with Gasteiger partial charge in [0, 0.05) is 42.1 Å². The Kier molecular flexibility index (Phi) is 12.6. The molecule has 2 aliphatic heterocycles. The zero-order chi connectivity index (χ0) is 37.4. The first kappa shape index (κ1) is 38.4. The summed E-state index contributed by atoms with van der Waals surface area (Å²) in [6.45, 7) is 25.7. The molecule has 0 bridgehead atoms. The number of H-pyrrole nitrogens is 1. The normalized spacial score (nSPS) is 14.3. The lowest BCUT2D eigenvalue weighted by molar-refractivity contribution is -0.117. The van der Waals surface area contributed by atoms with E-state index in [0.29, 0.717) is 58.1 Å². The van der Waals surface area contributed by atoms with E-state index in [1.807, 2.05) is 54.5 Å². The fraction of sp³-hybridized carbons (Fsp3) is 0.394. The molecular formula is C33H49N15O2. The van der Waals surface area contributed by atoms with Crippen molar-refractivity contribution in [1.29, 1.82) is 0 Å².